The van der Waals surface area contributed by atoms with E-state index in [1.807, 2.05) is 0 Å². The zero-order valence-corrected chi connectivity index (χ0v) is 32.5. The summed E-state index contributed by atoms with van der Waals surface area (Å²) in [5.41, 5.74) is 13.0. The van der Waals surface area contributed by atoms with Gasteiger partial charge in [0.2, 0.25) is 0 Å². The van der Waals surface area contributed by atoms with Crippen molar-refractivity contribution in [3.05, 3.63) is 86.5 Å². The second-order valence-electron chi connectivity index (χ2n) is 14.0. The summed E-state index contributed by atoms with van der Waals surface area (Å²) in [6.45, 7) is 23.5. The van der Waals surface area contributed by atoms with E-state index in [-0.39, 0.29) is 0 Å². The Morgan fingerprint density at radius 1 is 0.395 bits per heavy atom. The van der Waals surface area contributed by atoms with Gasteiger partial charge in [-0.05, 0) is 0 Å². The summed E-state index contributed by atoms with van der Waals surface area (Å²) in [6, 6.07) is 14.8. The second kappa shape index (κ2) is 15.9. The van der Waals surface area contributed by atoms with Crippen LogP contribution in [0.5, 0.6) is 0 Å². The van der Waals surface area contributed by atoms with Crippen molar-refractivity contribution in [2.75, 3.05) is 6.16 Å². The van der Waals surface area contributed by atoms with Gasteiger partial charge in [0.05, 0.1) is 0 Å². The van der Waals surface area contributed by atoms with Crippen molar-refractivity contribution < 1.29 is 0 Å². The molecule has 2 heteroatoms. The molecule has 3 aromatic carbocycles. The summed E-state index contributed by atoms with van der Waals surface area (Å²) in [6.07, 6.45) is 17.9. The summed E-state index contributed by atoms with van der Waals surface area (Å²) >= 11 is 3.12. The van der Waals surface area contributed by atoms with E-state index < -0.39 is 4.25 Å². The standard InChI is InChI=1S/C41H62IP/c1-11-12-13-14-15-16-17-18-19-20-21-22-23-43(42,39-33(5)24-30(2)25-34(39)6,40-35(7)26-31(3)27-36(40)8)41-37(9)28-32(4)29-38(41)10/h24-29H,11-23H2,1-10H3. The van der Waals surface area contributed by atoms with Crippen molar-refractivity contribution >= 4 is 42.2 Å². The van der Waals surface area contributed by atoms with Gasteiger partial charge in [0.15, 0.2) is 0 Å². The van der Waals surface area contributed by atoms with E-state index in [0.717, 1.165) is 0 Å². The molecule has 0 N–H and O–H groups in total. The number of aryl methyl sites for hydroxylation is 9. The van der Waals surface area contributed by atoms with Crippen LogP contribution in [0.1, 0.15) is 134 Å². The topological polar surface area (TPSA) is 0 Å². The van der Waals surface area contributed by atoms with Crippen molar-refractivity contribution in [2.24, 2.45) is 0 Å². The number of hydrogen-bond acceptors (Lipinski definition) is 0. The van der Waals surface area contributed by atoms with Gasteiger partial charge in [-0.3, -0.25) is 0 Å². The zero-order valence-electron chi connectivity index (χ0n) is 29.5. The third-order valence-corrected chi connectivity index (χ3v) is 21.6. The summed E-state index contributed by atoms with van der Waals surface area (Å²) in [5.74, 6) is 0. The Labute approximate surface area is 279 Å². The molecule has 43 heavy (non-hydrogen) atoms. The molecule has 0 unspecified atom stereocenters. The van der Waals surface area contributed by atoms with Crippen molar-refractivity contribution in [3.63, 3.8) is 0 Å². The fourth-order valence-corrected chi connectivity index (χ4v) is 23.5. The Hall–Kier alpha value is -1.18. The van der Waals surface area contributed by atoms with E-state index in [0.29, 0.717) is 0 Å². The van der Waals surface area contributed by atoms with Crippen molar-refractivity contribution in [1.82, 2.24) is 0 Å². The molecule has 0 saturated carbocycles. The van der Waals surface area contributed by atoms with Crippen molar-refractivity contribution in [3.8, 4) is 0 Å². The molecule has 238 valence electrons. The third-order valence-electron chi connectivity index (χ3n) is 9.74. The van der Waals surface area contributed by atoms with E-state index >= 15 is 0 Å². The maximum absolute atomic E-state index is 3.12. The van der Waals surface area contributed by atoms with Gasteiger partial charge in [-0.2, -0.15) is 0 Å². The number of hydrogen-bond donors (Lipinski definition) is 0. The monoisotopic (exact) mass is 712 g/mol. The fourth-order valence-electron chi connectivity index (χ4n) is 8.64. The Morgan fingerprint density at radius 3 is 0.884 bits per heavy atom. The molecule has 0 aromatic heterocycles. The normalized spacial score (nSPS) is 12.9. The Balaban J connectivity index is 2.08. The van der Waals surface area contributed by atoms with Crippen LogP contribution in [0.15, 0.2) is 36.4 Å². The van der Waals surface area contributed by atoms with Crippen LogP contribution in [0.2, 0.25) is 0 Å². The number of rotatable bonds is 16. The molecule has 0 nitrogen and oxygen atoms in total. The van der Waals surface area contributed by atoms with Gasteiger partial charge in [0.1, 0.15) is 0 Å². The SMILES string of the molecule is CCCCCCCCCCCCCCP(I)(c1c(C)cc(C)cc1C)(c1c(C)cc(C)cc1C)c1c(C)cc(C)cc1C. The molecule has 0 fully saturated rings. The molecule has 0 spiro atoms. The first-order valence-corrected chi connectivity index (χ1v) is 22.5. The molecule has 0 saturated heterocycles. The average Bonchev–Trinajstić information content (AvgIpc) is 2.87. The first kappa shape index (κ1) is 36.3. The van der Waals surface area contributed by atoms with E-state index in [9.17, 15) is 0 Å². The van der Waals surface area contributed by atoms with Crippen LogP contribution in [-0.2, 0) is 0 Å². The molecule has 0 radical (unpaired) electrons. The van der Waals surface area contributed by atoms with Gasteiger partial charge in [-0.25, -0.2) is 0 Å². The molecule has 0 aliphatic heterocycles. The van der Waals surface area contributed by atoms with Gasteiger partial charge in [0, 0.05) is 0 Å². The predicted octanol–water partition coefficient (Wildman–Crippen LogP) is 12.3. The molecular formula is C41H62IP. The molecule has 0 bridgehead atoms. The van der Waals surface area contributed by atoms with Crippen LogP contribution in [-0.4, -0.2) is 6.16 Å². The van der Waals surface area contributed by atoms with Crippen LogP contribution >= 0.6 is 26.3 Å². The van der Waals surface area contributed by atoms with Gasteiger partial charge in [-0.15, -0.1) is 0 Å². The van der Waals surface area contributed by atoms with Crippen LogP contribution in [0.4, 0.5) is 0 Å². The van der Waals surface area contributed by atoms with E-state index in [4.69, 9.17) is 0 Å². The average molecular weight is 713 g/mol. The number of benzene rings is 3. The van der Waals surface area contributed by atoms with Gasteiger partial charge >= 0.3 is 268 Å². The number of halogens is 1. The molecule has 3 aromatic rings. The van der Waals surface area contributed by atoms with Crippen LogP contribution < -0.4 is 15.9 Å². The first-order valence-electron chi connectivity index (χ1n) is 17.3. The molecule has 0 amide bonds. The quantitative estimate of drug-likeness (QED) is 0.0788. The molecular weight excluding hydrogens is 650 g/mol. The molecule has 0 aliphatic rings. The van der Waals surface area contributed by atoms with Crippen LogP contribution in [0.3, 0.4) is 0 Å². The maximum atomic E-state index is 3.12. The molecule has 0 heterocycles. The molecule has 3 rings (SSSR count). The summed E-state index contributed by atoms with van der Waals surface area (Å²) in [7, 11) is 0. The number of unbranched alkanes of at least 4 members (excludes halogenated alkanes) is 11. The summed E-state index contributed by atoms with van der Waals surface area (Å²) in [4.78, 5) is 0. The van der Waals surface area contributed by atoms with Gasteiger partial charge in [0.25, 0.3) is 0 Å². The Bertz CT molecular complexity index is 1170. The molecule has 0 atom stereocenters. The second-order valence-corrected chi connectivity index (χ2v) is 24.6. The Kier molecular flexibility index (Phi) is 13.4. The minimum atomic E-state index is -2.92. The zero-order chi connectivity index (χ0) is 31.8. The Morgan fingerprint density at radius 2 is 0.628 bits per heavy atom. The minimum absolute atomic E-state index is 1.24. The van der Waals surface area contributed by atoms with E-state index in [1.54, 1.807) is 15.9 Å². The third kappa shape index (κ3) is 8.16. The summed E-state index contributed by atoms with van der Waals surface area (Å²) < 4.78 is -2.92. The predicted molar refractivity (Wildman–Crippen MR) is 208 cm³/mol. The van der Waals surface area contributed by atoms with Crippen LogP contribution in [0.25, 0.3) is 0 Å². The van der Waals surface area contributed by atoms with E-state index in [1.165, 1.54) is 133 Å². The van der Waals surface area contributed by atoms with Crippen molar-refractivity contribution in [1.29, 1.82) is 0 Å². The van der Waals surface area contributed by atoms with Gasteiger partial charge < -0.3 is 0 Å². The van der Waals surface area contributed by atoms with Crippen molar-refractivity contribution in [2.45, 2.75) is 146 Å². The van der Waals surface area contributed by atoms with Gasteiger partial charge in [-0.1, -0.05) is 13.3 Å². The molecule has 0 aliphatic carbocycles. The first-order chi connectivity index (χ1) is 20.3. The van der Waals surface area contributed by atoms with Crippen LogP contribution in [0, 0.1) is 62.3 Å². The fraction of sp³-hybridized carbons (Fsp3) is 0.561. The van der Waals surface area contributed by atoms with E-state index in [2.05, 4.69) is 128 Å². The summed E-state index contributed by atoms with van der Waals surface area (Å²) in [5, 5.41) is 4.93.